The number of fused-ring (bicyclic) bond motifs is 1. The first-order valence-electron chi connectivity index (χ1n) is 14.4. The topological polar surface area (TPSA) is 116 Å². The highest BCUT2D eigenvalue weighted by atomic mass is 35.5. The molecule has 228 valence electrons. The molecule has 0 radical (unpaired) electrons. The summed E-state index contributed by atoms with van der Waals surface area (Å²) in [5, 5.41) is 16.6. The molecule has 5 aliphatic rings. The van der Waals surface area contributed by atoms with Crippen molar-refractivity contribution in [2.45, 2.75) is 85.7 Å². The van der Waals surface area contributed by atoms with E-state index in [4.69, 9.17) is 21.1 Å². The fourth-order valence-electron chi connectivity index (χ4n) is 7.28. The lowest BCUT2D eigenvalue weighted by molar-refractivity contribution is -0.139. The van der Waals surface area contributed by atoms with E-state index in [1.165, 1.54) is 7.11 Å². The van der Waals surface area contributed by atoms with Gasteiger partial charge in [0.2, 0.25) is 18.2 Å². The molecule has 12 atom stereocenters. The first-order valence-corrected chi connectivity index (χ1v) is 15.8. The van der Waals surface area contributed by atoms with Gasteiger partial charge in [-0.05, 0) is 44.4 Å². The van der Waals surface area contributed by atoms with Crippen LogP contribution in [0.25, 0.3) is 0 Å². The number of amides is 2. The molecule has 14 heteroatoms. The normalized spacial score (nSPS) is 44.0. The number of ether oxygens (including phenoxy) is 2. The quantitative estimate of drug-likeness (QED) is 0.211. The molecule has 0 aromatic carbocycles. The predicted molar refractivity (Wildman–Crippen MR) is 149 cm³/mol. The van der Waals surface area contributed by atoms with Crippen molar-refractivity contribution in [1.29, 1.82) is 0 Å². The molecular formula is C26H43ClF2N6O4S. The lowest BCUT2D eigenvalue weighted by atomic mass is 9.70. The highest BCUT2D eigenvalue weighted by Crippen LogP contribution is 2.39. The van der Waals surface area contributed by atoms with Gasteiger partial charge < -0.3 is 25.0 Å². The average molecular weight is 609 g/mol. The molecule has 5 rings (SSSR count). The molecule has 0 aliphatic carbocycles. The molecule has 5 fully saturated rings. The largest absolute Gasteiger partial charge is 0.380 e. The lowest BCUT2D eigenvalue weighted by Crippen LogP contribution is -2.58. The number of halogens is 3. The van der Waals surface area contributed by atoms with E-state index in [-0.39, 0.29) is 64.4 Å². The van der Waals surface area contributed by atoms with Crippen LogP contribution in [0.3, 0.4) is 0 Å². The molecule has 0 bridgehead atoms. The molecule has 0 aromatic rings. The average Bonchev–Trinajstić information content (AvgIpc) is 3.50. The number of rotatable bonds is 7. The Morgan fingerprint density at radius 1 is 1.05 bits per heavy atom. The summed E-state index contributed by atoms with van der Waals surface area (Å²) in [5.41, 5.74) is -0.360. The molecule has 0 spiro atoms. The van der Waals surface area contributed by atoms with Crippen LogP contribution in [0.4, 0.5) is 8.78 Å². The molecule has 40 heavy (non-hydrogen) atoms. The number of hydrogen-bond donors (Lipinski definition) is 5. The van der Waals surface area contributed by atoms with Gasteiger partial charge in [-0.2, -0.15) is 0 Å². The minimum absolute atomic E-state index is 0.0153. The maximum Gasteiger partial charge on any atom is 0.245 e. The summed E-state index contributed by atoms with van der Waals surface area (Å²) < 4.78 is 37.6. The molecule has 0 saturated carbocycles. The smallest absolute Gasteiger partial charge is 0.245 e. The van der Waals surface area contributed by atoms with Gasteiger partial charge in [-0.15, -0.1) is 23.4 Å². The van der Waals surface area contributed by atoms with Gasteiger partial charge in [0, 0.05) is 57.7 Å². The molecule has 0 aromatic heterocycles. The van der Waals surface area contributed by atoms with Crippen LogP contribution < -0.4 is 26.6 Å². The minimum Gasteiger partial charge on any atom is -0.380 e. The lowest BCUT2D eigenvalue weighted by Gasteiger charge is -2.45. The predicted octanol–water partition coefficient (Wildman–Crippen LogP) is 0.711. The zero-order chi connectivity index (χ0) is 28.6. The fourth-order valence-corrected chi connectivity index (χ4v) is 8.98. The van der Waals surface area contributed by atoms with Crippen molar-refractivity contribution in [3.8, 4) is 0 Å². The summed E-state index contributed by atoms with van der Waals surface area (Å²) in [6, 6.07) is -0.165. The summed E-state index contributed by atoms with van der Waals surface area (Å²) in [5.74, 6) is -0.810. The number of hydrogen-bond acceptors (Lipinski definition) is 9. The van der Waals surface area contributed by atoms with Crippen molar-refractivity contribution >= 4 is 35.2 Å². The molecule has 10 nitrogen and oxygen atoms in total. The summed E-state index contributed by atoms with van der Waals surface area (Å²) in [6.45, 7) is 4.51. The highest BCUT2D eigenvalue weighted by Gasteiger charge is 2.48. The van der Waals surface area contributed by atoms with E-state index >= 15 is 0 Å². The Morgan fingerprint density at radius 3 is 2.55 bits per heavy atom. The minimum atomic E-state index is -2.49. The van der Waals surface area contributed by atoms with Gasteiger partial charge in [-0.3, -0.25) is 25.5 Å². The number of nitrogens with zero attached hydrogens (tertiary/aromatic N) is 1. The Labute approximate surface area is 244 Å². The Balaban J connectivity index is 1.14. The van der Waals surface area contributed by atoms with E-state index in [1.807, 2.05) is 0 Å². The van der Waals surface area contributed by atoms with Crippen molar-refractivity contribution in [2.24, 2.45) is 23.7 Å². The van der Waals surface area contributed by atoms with Crippen LogP contribution in [0.1, 0.15) is 32.6 Å². The first kappa shape index (κ1) is 30.7. The fraction of sp³-hybridized carbons (Fsp3) is 0.923. The Morgan fingerprint density at radius 2 is 1.85 bits per heavy atom. The summed E-state index contributed by atoms with van der Waals surface area (Å²) in [6.07, 6.45) is -1.07. The van der Waals surface area contributed by atoms with Gasteiger partial charge in [0.15, 0.2) is 0 Å². The van der Waals surface area contributed by atoms with Gasteiger partial charge in [0.1, 0.15) is 11.7 Å². The van der Waals surface area contributed by atoms with Crippen molar-refractivity contribution < 1.29 is 27.8 Å². The maximum absolute atomic E-state index is 13.6. The number of carbonyl (C=O) groups is 2. The van der Waals surface area contributed by atoms with Crippen LogP contribution in [-0.4, -0.2) is 110 Å². The second-order valence-corrected chi connectivity index (χ2v) is 13.8. The molecule has 12 unspecified atom stereocenters. The van der Waals surface area contributed by atoms with E-state index < -0.39 is 24.6 Å². The van der Waals surface area contributed by atoms with E-state index in [2.05, 4.69) is 33.5 Å². The van der Waals surface area contributed by atoms with Gasteiger partial charge >= 0.3 is 0 Å². The van der Waals surface area contributed by atoms with E-state index in [0.717, 1.165) is 12.8 Å². The molecule has 2 amide bonds. The molecule has 5 N–H and O–H groups in total. The second-order valence-electron chi connectivity index (χ2n) is 11.9. The summed E-state index contributed by atoms with van der Waals surface area (Å²) in [4.78, 5) is 28.6. The van der Waals surface area contributed by atoms with Crippen molar-refractivity contribution in [3.63, 3.8) is 0 Å². The van der Waals surface area contributed by atoms with Gasteiger partial charge in [0.05, 0.1) is 29.5 Å². The second kappa shape index (κ2) is 13.2. The van der Waals surface area contributed by atoms with Crippen LogP contribution in [-0.2, 0) is 19.1 Å². The number of methoxy groups -OCH3 is 2. The van der Waals surface area contributed by atoms with Gasteiger partial charge in [-0.25, -0.2) is 8.78 Å². The molecular weight excluding hydrogens is 566 g/mol. The summed E-state index contributed by atoms with van der Waals surface area (Å²) >= 11 is 8.10. The molecule has 5 saturated heterocycles. The highest BCUT2D eigenvalue weighted by molar-refractivity contribution is 8.00. The Hall–Kier alpha value is -0.800. The van der Waals surface area contributed by atoms with E-state index in [0.29, 0.717) is 38.6 Å². The third-order valence-electron chi connectivity index (χ3n) is 9.46. The number of carbonyl (C=O) groups excluding carboxylic acids is 2. The van der Waals surface area contributed by atoms with Crippen molar-refractivity contribution in [3.05, 3.63) is 0 Å². The SMILES string of the molecule is COC1CNC(Cl)CC1C1CC(C)NCC1C(=O)NC1NC2CN(C(=O)C3CCC(C(F)F)C(OC)N3)CC2S1. The molecule has 5 heterocycles. The third kappa shape index (κ3) is 6.56. The van der Waals surface area contributed by atoms with E-state index in [9.17, 15) is 18.4 Å². The monoisotopic (exact) mass is 608 g/mol. The van der Waals surface area contributed by atoms with E-state index in [1.54, 1.807) is 23.8 Å². The number of likely N-dealkylation sites (tertiary alicyclic amines) is 1. The van der Waals surface area contributed by atoms with Crippen LogP contribution in [0.5, 0.6) is 0 Å². The van der Waals surface area contributed by atoms with Crippen LogP contribution in [0.2, 0.25) is 0 Å². The Kier molecular flexibility index (Phi) is 10.1. The Bertz CT molecular complexity index is 899. The van der Waals surface area contributed by atoms with Gasteiger partial charge in [-0.1, -0.05) is 0 Å². The number of thioether (sulfide) groups is 1. The van der Waals surface area contributed by atoms with Crippen LogP contribution in [0, 0.1) is 23.7 Å². The number of nitrogens with one attached hydrogen (secondary N) is 5. The zero-order valence-electron chi connectivity index (χ0n) is 23.3. The molecule has 5 aliphatic heterocycles. The number of piperidine rings is 3. The first-order chi connectivity index (χ1) is 19.2. The summed E-state index contributed by atoms with van der Waals surface area (Å²) in [7, 11) is 3.11. The van der Waals surface area contributed by atoms with Crippen LogP contribution >= 0.6 is 23.4 Å². The van der Waals surface area contributed by atoms with Crippen molar-refractivity contribution in [2.75, 3.05) is 40.4 Å². The van der Waals surface area contributed by atoms with Crippen LogP contribution in [0.15, 0.2) is 0 Å². The maximum atomic E-state index is 13.6. The van der Waals surface area contributed by atoms with Gasteiger partial charge in [0.25, 0.3) is 0 Å². The zero-order valence-corrected chi connectivity index (χ0v) is 24.9. The number of alkyl halides is 3. The third-order valence-corrected chi connectivity index (χ3v) is 11.1. The standard InChI is InChI=1S/C26H43ClF2N6O4S/c1-12-6-14(15-7-21(27)31-9-19(15)38-2)16(8-30-12)23(36)34-26-33-18-10-35(11-20(18)40-26)25(37)17-5-4-13(22(28)29)24(32-17)39-3/h12-22,24,26,30-33H,4-11H2,1-3H3,(H,34,36). The van der Waals surface area contributed by atoms with Crippen molar-refractivity contribution in [1.82, 2.24) is 31.5 Å².